The number of hydrogen-bond donors (Lipinski definition) is 2. The van der Waals surface area contributed by atoms with Gasteiger partial charge in [0.25, 0.3) is 0 Å². The molecule has 2 N–H and O–H groups in total. The summed E-state index contributed by atoms with van der Waals surface area (Å²) in [7, 11) is 4.04. The van der Waals surface area contributed by atoms with Crippen molar-refractivity contribution in [1.82, 2.24) is 25.3 Å². The fourth-order valence-corrected chi connectivity index (χ4v) is 4.37. The molecule has 1 fully saturated rings. The van der Waals surface area contributed by atoms with Crippen molar-refractivity contribution in [2.24, 2.45) is 10.9 Å². The Labute approximate surface area is 179 Å². The molecule has 0 saturated carbocycles. The molecule has 0 spiro atoms. The van der Waals surface area contributed by atoms with E-state index in [4.69, 9.17) is 11.6 Å². The number of benzene rings is 1. The molecular weight excluding hydrogens is 384 g/mol. The number of piperidine rings is 1. The summed E-state index contributed by atoms with van der Waals surface area (Å²) in [5.41, 5.74) is 2.49. The number of aliphatic imine (C=N–C) groups is 1. The summed E-state index contributed by atoms with van der Waals surface area (Å²) < 4.78 is 1.99. The Balaban J connectivity index is 1.50. The van der Waals surface area contributed by atoms with Gasteiger partial charge in [-0.15, -0.1) is 0 Å². The average molecular weight is 417 g/mol. The first-order chi connectivity index (χ1) is 14.1. The maximum atomic E-state index is 6.26. The van der Waals surface area contributed by atoms with Crippen molar-refractivity contribution in [3.63, 3.8) is 0 Å². The number of hydrogen-bond acceptors (Lipinski definition) is 3. The van der Waals surface area contributed by atoms with E-state index in [0.717, 1.165) is 43.6 Å². The molecule has 0 aliphatic carbocycles. The van der Waals surface area contributed by atoms with E-state index in [1.54, 1.807) is 0 Å². The summed E-state index contributed by atoms with van der Waals surface area (Å²) in [6.45, 7) is 5.84. The molecule has 3 rings (SSSR count). The van der Waals surface area contributed by atoms with Gasteiger partial charge in [-0.1, -0.05) is 23.7 Å². The van der Waals surface area contributed by atoms with Gasteiger partial charge >= 0.3 is 0 Å². The Morgan fingerprint density at radius 1 is 1.34 bits per heavy atom. The maximum Gasteiger partial charge on any atom is 0.190 e. The molecular formula is C22H33ClN6. The Morgan fingerprint density at radius 3 is 2.93 bits per heavy atom. The van der Waals surface area contributed by atoms with Gasteiger partial charge in [-0.3, -0.25) is 14.6 Å². The highest BCUT2D eigenvalue weighted by molar-refractivity contribution is 6.30. The van der Waals surface area contributed by atoms with Gasteiger partial charge in [0.2, 0.25) is 0 Å². The first kappa shape index (κ1) is 21.7. The Bertz CT molecular complexity index is 802. The third-order valence-electron chi connectivity index (χ3n) is 5.57. The van der Waals surface area contributed by atoms with Gasteiger partial charge in [0.15, 0.2) is 5.96 Å². The monoisotopic (exact) mass is 416 g/mol. The highest BCUT2D eigenvalue weighted by atomic mass is 35.5. The van der Waals surface area contributed by atoms with Gasteiger partial charge in [0.05, 0.1) is 6.20 Å². The van der Waals surface area contributed by atoms with E-state index in [1.165, 1.54) is 24.0 Å². The molecule has 1 aliphatic rings. The molecule has 6 nitrogen and oxygen atoms in total. The van der Waals surface area contributed by atoms with Crippen LogP contribution in [-0.4, -0.2) is 54.4 Å². The van der Waals surface area contributed by atoms with Crippen LogP contribution >= 0.6 is 11.6 Å². The van der Waals surface area contributed by atoms with Gasteiger partial charge in [0.1, 0.15) is 0 Å². The maximum absolute atomic E-state index is 6.26. The lowest BCUT2D eigenvalue weighted by atomic mass is 9.85. The van der Waals surface area contributed by atoms with Crippen molar-refractivity contribution in [3.8, 4) is 0 Å². The number of nitrogens with zero attached hydrogens (tertiary/aromatic N) is 4. The van der Waals surface area contributed by atoms with Crippen molar-refractivity contribution >= 4 is 17.6 Å². The van der Waals surface area contributed by atoms with Crippen LogP contribution in [0.2, 0.25) is 5.02 Å². The van der Waals surface area contributed by atoms with Crippen LogP contribution in [0.4, 0.5) is 0 Å². The zero-order valence-corrected chi connectivity index (χ0v) is 18.5. The molecule has 0 radical (unpaired) electrons. The number of nitrogens with one attached hydrogen (secondary N) is 2. The molecule has 1 aromatic carbocycles. The van der Waals surface area contributed by atoms with Gasteiger partial charge in [-0.2, -0.15) is 5.10 Å². The van der Waals surface area contributed by atoms with Crippen LogP contribution in [0.15, 0.2) is 41.7 Å². The largest absolute Gasteiger partial charge is 0.356 e. The Morgan fingerprint density at radius 2 is 2.21 bits per heavy atom. The second kappa shape index (κ2) is 10.6. The lowest BCUT2D eigenvalue weighted by Crippen LogP contribution is -2.45. The second-order valence-corrected chi connectivity index (χ2v) is 8.33. The predicted octanol–water partition coefficient (Wildman–Crippen LogP) is 3.48. The lowest BCUT2D eigenvalue weighted by Gasteiger charge is -2.40. The molecule has 7 heteroatoms. The van der Waals surface area contributed by atoms with Gasteiger partial charge in [-0.05, 0) is 69.0 Å². The van der Waals surface area contributed by atoms with Crippen molar-refractivity contribution in [2.75, 3.05) is 33.7 Å². The van der Waals surface area contributed by atoms with Crippen LogP contribution < -0.4 is 10.6 Å². The fourth-order valence-electron chi connectivity index (χ4n) is 4.18. The van der Waals surface area contributed by atoms with E-state index >= 15 is 0 Å². The van der Waals surface area contributed by atoms with Crippen LogP contribution in [0, 0.1) is 12.8 Å². The molecule has 158 valence electrons. The van der Waals surface area contributed by atoms with E-state index in [-0.39, 0.29) is 0 Å². The van der Waals surface area contributed by atoms with Gasteiger partial charge in [-0.25, -0.2) is 0 Å². The highest BCUT2D eigenvalue weighted by Gasteiger charge is 2.30. The summed E-state index contributed by atoms with van der Waals surface area (Å²) in [5.74, 6) is 1.37. The molecule has 2 aromatic rings. The van der Waals surface area contributed by atoms with Crippen molar-refractivity contribution in [3.05, 3.63) is 52.8 Å². The second-order valence-electron chi connectivity index (χ2n) is 7.90. The Kier molecular flexibility index (Phi) is 7.95. The molecule has 0 bridgehead atoms. The topological polar surface area (TPSA) is 57.5 Å². The summed E-state index contributed by atoms with van der Waals surface area (Å²) >= 11 is 6.26. The standard InChI is InChI=1S/C22H33ClN6/c1-17-14-27-29(16-17)12-6-10-25-22(24-2)26-15-19-8-5-11-28(3)21(19)18-7-4-9-20(23)13-18/h4,7,9,13-14,16,19,21H,5-6,8,10-12,15H2,1-3H3,(H2,24,25,26). The number of likely N-dealkylation sites (tertiary alicyclic amines) is 1. The summed E-state index contributed by atoms with van der Waals surface area (Å²) in [4.78, 5) is 6.84. The van der Waals surface area contributed by atoms with Gasteiger partial charge < -0.3 is 10.6 Å². The van der Waals surface area contributed by atoms with Gasteiger partial charge in [0, 0.05) is 43.9 Å². The summed E-state index contributed by atoms with van der Waals surface area (Å²) in [6, 6.07) is 8.65. The molecule has 2 atom stereocenters. The normalized spacial score (nSPS) is 20.6. The zero-order chi connectivity index (χ0) is 20.6. The van der Waals surface area contributed by atoms with Crippen molar-refractivity contribution in [1.29, 1.82) is 0 Å². The number of halogens is 1. The number of aryl methyl sites for hydroxylation is 2. The minimum Gasteiger partial charge on any atom is -0.356 e. The van der Waals surface area contributed by atoms with Crippen molar-refractivity contribution in [2.45, 2.75) is 38.8 Å². The molecule has 1 saturated heterocycles. The molecule has 29 heavy (non-hydrogen) atoms. The predicted molar refractivity (Wildman–Crippen MR) is 120 cm³/mol. The minimum absolute atomic E-state index is 0.371. The lowest BCUT2D eigenvalue weighted by molar-refractivity contribution is 0.122. The zero-order valence-electron chi connectivity index (χ0n) is 17.7. The van der Waals surface area contributed by atoms with Crippen LogP contribution in [0.5, 0.6) is 0 Å². The number of aromatic nitrogens is 2. The van der Waals surface area contributed by atoms with Crippen LogP contribution in [0.1, 0.15) is 36.4 Å². The first-order valence-electron chi connectivity index (χ1n) is 10.5. The first-order valence-corrected chi connectivity index (χ1v) is 10.8. The smallest absolute Gasteiger partial charge is 0.190 e. The van der Waals surface area contributed by atoms with Crippen LogP contribution in [0.3, 0.4) is 0 Å². The number of guanidine groups is 1. The highest BCUT2D eigenvalue weighted by Crippen LogP contribution is 2.35. The van der Waals surface area contributed by atoms with E-state index in [9.17, 15) is 0 Å². The molecule has 0 amide bonds. The summed E-state index contributed by atoms with van der Waals surface area (Å²) in [5, 5.41) is 12.1. The van der Waals surface area contributed by atoms with E-state index < -0.39 is 0 Å². The summed E-state index contributed by atoms with van der Waals surface area (Å²) in [6.07, 6.45) is 7.38. The Hall–Kier alpha value is -2.05. The average Bonchev–Trinajstić information content (AvgIpc) is 3.12. The van der Waals surface area contributed by atoms with Crippen LogP contribution in [-0.2, 0) is 6.54 Å². The third-order valence-corrected chi connectivity index (χ3v) is 5.81. The SMILES string of the molecule is CN=C(NCCCn1cc(C)cn1)NCC1CCCN(C)C1c1cccc(Cl)c1. The van der Waals surface area contributed by atoms with E-state index in [0.29, 0.717) is 12.0 Å². The quantitative estimate of drug-likeness (QED) is 0.412. The fraction of sp³-hybridized carbons (Fsp3) is 0.545. The molecule has 1 aliphatic heterocycles. The molecule has 2 heterocycles. The van der Waals surface area contributed by atoms with Crippen molar-refractivity contribution < 1.29 is 0 Å². The molecule has 1 aromatic heterocycles. The van der Waals surface area contributed by atoms with Crippen LogP contribution in [0.25, 0.3) is 0 Å². The van der Waals surface area contributed by atoms with E-state index in [2.05, 4.69) is 57.9 Å². The van der Waals surface area contributed by atoms with E-state index in [1.807, 2.05) is 30.1 Å². The number of rotatable bonds is 7. The minimum atomic E-state index is 0.371. The molecule has 2 unspecified atom stereocenters. The third kappa shape index (κ3) is 6.21.